The lowest BCUT2D eigenvalue weighted by molar-refractivity contribution is 0.0502. The first-order chi connectivity index (χ1) is 12.0. The predicted molar refractivity (Wildman–Crippen MR) is 97.2 cm³/mol. The van der Waals surface area contributed by atoms with Gasteiger partial charge in [0.15, 0.2) is 5.78 Å². The topological polar surface area (TPSA) is 51.0 Å². The molecule has 1 aromatic heterocycles. The second kappa shape index (κ2) is 6.71. The zero-order valence-corrected chi connectivity index (χ0v) is 15.5. The molecule has 7 heteroatoms. The van der Waals surface area contributed by atoms with Gasteiger partial charge in [-0.1, -0.05) is 28.4 Å². The van der Waals surface area contributed by atoms with Crippen molar-refractivity contribution in [3.8, 4) is 0 Å². The highest BCUT2D eigenvalue weighted by Crippen LogP contribution is 2.36. The molecule has 1 aliphatic heterocycles. The Labute approximate surface area is 156 Å². The third-order valence-electron chi connectivity index (χ3n) is 5.13. The average Bonchev–Trinajstić information content (AvgIpc) is 3.29. The van der Waals surface area contributed by atoms with Crippen LogP contribution >= 0.6 is 23.2 Å². The molecular formula is C18H20Cl2N4O. The Morgan fingerprint density at radius 2 is 2.08 bits per heavy atom. The van der Waals surface area contributed by atoms with Crippen LogP contribution in [-0.4, -0.2) is 38.8 Å². The molecule has 1 aliphatic carbocycles. The number of hydrogen-bond acceptors (Lipinski definition) is 4. The highest BCUT2D eigenvalue weighted by molar-refractivity contribution is 6.33. The average molecular weight is 379 g/mol. The number of Topliss-reactive ketones (excluding diaryl/α,β-unsaturated/α-hetero) is 1. The van der Waals surface area contributed by atoms with Gasteiger partial charge >= 0.3 is 0 Å². The van der Waals surface area contributed by atoms with E-state index in [1.54, 1.807) is 12.3 Å². The normalized spacial score (nSPS) is 19.6. The summed E-state index contributed by atoms with van der Waals surface area (Å²) in [5, 5.41) is 9.51. The van der Waals surface area contributed by atoms with Gasteiger partial charge in [-0.05, 0) is 49.4 Å². The number of aromatic nitrogens is 3. The number of ketones is 1. The fourth-order valence-electron chi connectivity index (χ4n) is 3.38. The van der Waals surface area contributed by atoms with Crippen molar-refractivity contribution in [2.24, 2.45) is 5.92 Å². The molecule has 132 valence electrons. The van der Waals surface area contributed by atoms with Crippen LogP contribution in [0.4, 0.5) is 0 Å². The number of nitrogens with zero attached hydrogens (tertiary/aromatic N) is 4. The molecule has 1 saturated heterocycles. The number of halogens is 2. The van der Waals surface area contributed by atoms with Crippen molar-refractivity contribution >= 4 is 29.0 Å². The van der Waals surface area contributed by atoms with Gasteiger partial charge in [-0.15, -0.1) is 5.10 Å². The van der Waals surface area contributed by atoms with Gasteiger partial charge in [0.25, 0.3) is 0 Å². The first-order valence-corrected chi connectivity index (χ1v) is 9.41. The molecule has 0 amide bonds. The molecule has 0 spiro atoms. The molecule has 4 rings (SSSR count). The maximum absolute atomic E-state index is 12.4. The Morgan fingerprint density at radius 1 is 1.32 bits per heavy atom. The third kappa shape index (κ3) is 3.59. The van der Waals surface area contributed by atoms with E-state index < -0.39 is 0 Å². The second-order valence-corrected chi connectivity index (χ2v) is 7.95. The summed E-state index contributed by atoms with van der Waals surface area (Å²) in [6.45, 7) is 3.88. The van der Waals surface area contributed by atoms with Crippen molar-refractivity contribution in [3.05, 3.63) is 45.7 Å². The Morgan fingerprint density at radius 3 is 2.80 bits per heavy atom. The van der Waals surface area contributed by atoms with Gasteiger partial charge in [-0.3, -0.25) is 9.69 Å². The molecule has 2 heterocycles. The van der Waals surface area contributed by atoms with Crippen LogP contribution < -0.4 is 0 Å². The largest absolute Gasteiger partial charge is 0.296 e. The van der Waals surface area contributed by atoms with E-state index in [2.05, 4.69) is 22.1 Å². The van der Waals surface area contributed by atoms with E-state index in [4.69, 9.17) is 23.2 Å². The van der Waals surface area contributed by atoms with Crippen molar-refractivity contribution in [3.63, 3.8) is 0 Å². The molecule has 2 aliphatic rings. The van der Waals surface area contributed by atoms with Crippen LogP contribution in [0.25, 0.3) is 0 Å². The number of carbonyl (C=O) groups excluding carboxylic acids is 1. The van der Waals surface area contributed by atoms with Crippen LogP contribution in [0.3, 0.4) is 0 Å². The van der Waals surface area contributed by atoms with Crippen molar-refractivity contribution in [1.82, 2.24) is 19.9 Å². The monoisotopic (exact) mass is 378 g/mol. The minimum Gasteiger partial charge on any atom is -0.296 e. The van der Waals surface area contributed by atoms with Gasteiger partial charge in [0, 0.05) is 35.6 Å². The number of benzene rings is 1. The Kier molecular flexibility index (Phi) is 4.56. The molecule has 1 unspecified atom stereocenters. The van der Waals surface area contributed by atoms with Crippen molar-refractivity contribution < 1.29 is 4.79 Å². The highest BCUT2D eigenvalue weighted by Gasteiger charge is 2.34. The van der Waals surface area contributed by atoms with Gasteiger partial charge in [-0.2, -0.15) is 0 Å². The highest BCUT2D eigenvalue weighted by atomic mass is 35.5. The lowest BCUT2D eigenvalue weighted by atomic mass is 9.90. The van der Waals surface area contributed by atoms with E-state index in [1.807, 2.05) is 16.8 Å². The summed E-state index contributed by atoms with van der Waals surface area (Å²) in [5.74, 6) is 0.448. The minimum absolute atomic E-state index is 0.0880. The SMILES string of the molecule is CC(c1cc(Cl)ccc1Cl)N1CC(CC(=O)c2cn(C3CC3)nn2)C1. The Hall–Kier alpha value is -1.43. The molecule has 2 aromatic rings. The van der Waals surface area contributed by atoms with Crippen LogP contribution in [0.5, 0.6) is 0 Å². The van der Waals surface area contributed by atoms with Gasteiger partial charge in [0.1, 0.15) is 5.69 Å². The van der Waals surface area contributed by atoms with E-state index >= 15 is 0 Å². The molecular weight excluding hydrogens is 359 g/mol. The summed E-state index contributed by atoms with van der Waals surface area (Å²) in [5.41, 5.74) is 1.53. The molecule has 25 heavy (non-hydrogen) atoms. The molecule has 5 nitrogen and oxygen atoms in total. The van der Waals surface area contributed by atoms with Crippen molar-refractivity contribution in [1.29, 1.82) is 0 Å². The summed E-state index contributed by atoms with van der Waals surface area (Å²) in [4.78, 5) is 14.7. The van der Waals surface area contributed by atoms with Gasteiger partial charge in [0.2, 0.25) is 0 Å². The fraction of sp³-hybridized carbons (Fsp3) is 0.500. The molecule has 2 fully saturated rings. The van der Waals surface area contributed by atoms with Crippen LogP contribution in [0, 0.1) is 5.92 Å². The maximum atomic E-state index is 12.4. The van der Waals surface area contributed by atoms with Gasteiger partial charge < -0.3 is 0 Å². The lowest BCUT2D eigenvalue weighted by Crippen LogP contribution is -2.48. The summed E-state index contributed by atoms with van der Waals surface area (Å²) in [7, 11) is 0. The van der Waals surface area contributed by atoms with Crippen LogP contribution in [0.15, 0.2) is 24.4 Å². The first-order valence-electron chi connectivity index (χ1n) is 8.65. The maximum Gasteiger partial charge on any atom is 0.185 e. The molecule has 0 radical (unpaired) electrons. The predicted octanol–water partition coefficient (Wildman–Crippen LogP) is 4.19. The van der Waals surface area contributed by atoms with Crippen LogP contribution in [0.2, 0.25) is 10.0 Å². The number of likely N-dealkylation sites (tertiary alicyclic amines) is 1. The fourth-order valence-corrected chi connectivity index (χ4v) is 3.83. The van der Waals surface area contributed by atoms with E-state index in [-0.39, 0.29) is 11.8 Å². The standard InChI is InChI=1S/C18H20Cl2N4O/c1-11(15-7-13(19)2-5-16(15)20)23-8-12(9-23)6-18(25)17-10-24(22-21-17)14-3-4-14/h2,5,7,10-12,14H,3-4,6,8-9H2,1H3. The Balaban J connectivity index is 1.32. The van der Waals surface area contributed by atoms with Crippen molar-refractivity contribution in [2.75, 3.05) is 13.1 Å². The summed E-state index contributed by atoms with van der Waals surface area (Å²) < 4.78 is 1.82. The van der Waals surface area contributed by atoms with Gasteiger partial charge in [-0.25, -0.2) is 4.68 Å². The van der Waals surface area contributed by atoms with Crippen LogP contribution in [0.1, 0.15) is 54.3 Å². The van der Waals surface area contributed by atoms with E-state index in [0.717, 1.165) is 36.5 Å². The smallest absolute Gasteiger partial charge is 0.185 e. The van der Waals surface area contributed by atoms with E-state index in [1.165, 1.54) is 0 Å². The second-order valence-electron chi connectivity index (χ2n) is 7.10. The molecule has 0 bridgehead atoms. The minimum atomic E-state index is 0.0880. The van der Waals surface area contributed by atoms with E-state index in [9.17, 15) is 4.79 Å². The summed E-state index contributed by atoms with van der Waals surface area (Å²) in [6.07, 6.45) is 4.59. The zero-order chi connectivity index (χ0) is 17.6. The van der Waals surface area contributed by atoms with Crippen LogP contribution in [-0.2, 0) is 0 Å². The molecule has 0 N–H and O–H groups in total. The number of hydrogen-bond donors (Lipinski definition) is 0. The third-order valence-corrected chi connectivity index (χ3v) is 5.71. The first kappa shape index (κ1) is 17.0. The summed E-state index contributed by atoms with van der Waals surface area (Å²) in [6, 6.07) is 6.19. The van der Waals surface area contributed by atoms with E-state index in [0.29, 0.717) is 29.1 Å². The molecule has 1 aromatic carbocycles. The molecule has 1 saturated carbocycles. The lowest BCUT2D eigenvalue weighted by Gasteiger charge is -2.43. The zero-order valence-electron chi connectivity index (χ0n) is 14.0. The number of carbonyl (C=O) groups is 1. The Bertz CT molecular complexity index is 796. The molecule has 1 atom stereocenters. The number of rotatable bonds is 6. The van der Waals surface area contributed by atoms with Crippen molar-refractivity contribution in [2.45, 2.75) is 38.3 Å². The summed E-state index contributed by atoms with van der Waals surface area (Å²) >= 11 is 12.4. The van der Waals surface area contributed by atoms with Gasteiger partial charge in [0.05, 0.1) is 12.2 Å². The quantitative estimate of drug-likeness (QED) is 0.707.